The number of methoxy groups -OCH3 is 1. The van der Waals surface area contributed by atoms with Crippen LogP contribution in [0.25, 0.3) is 10.9 Å². The van der Waals surface area contributed by atoms with Crippen LogP contribution in [0.5, 0.6) is 0 Å². The summed E-state index contributed by atoms with van der Waals surface area (Å²) in [4.78, 5) is 28.3. The van der Waals surface area contributed by atoms with Gasteiger partial charge in [0, 0.05) is 5.39 Å². The first-order chi connectivity index (χ1) is 10.9. The average molecular weight is 315 g/mol. The maximum absolute atomic E-state index is 12.2. The summed E-state index contributed by atoms with van der Waals surface area (Å²) in [7, 11) is 1.30. The van der Waals surface area contributed by atoms with E-state index in [0.29, 0.717) is 16.9 Å². The number of nitrogens with two attached hydrogens (primary N) is 1. The highest BCUT2D eigenvalue weighted by atomic mass is 16.5. The van der Waals surface area contributed by atoms with Crippen LogP contribution in [0, 0.1) is 5.92 Å². The van der Waals surface area contributed by atoms with Crippen molar-refractivity contribution in [1.29, 1.82) is 0 Å². The fourth-order valence-corrected chi connectivity index (χ4v) is 2.32. The van der Waals surface area contributed by atoms with Crippen LogP contribution in [-0.4, -0.2) is 30.0 Å². The Labute approximate surface area is 135 Å². The first-order valence-corrected chi connectivity index (χ1v) is 7.43. The molecule has 2 rings (SSSR count). The Morgan fingerprint density at radius 1 is 1.26 bits per heavy atom. The molecule has 0 radical (unpaired) electrons. The van der Waals surface area contributed by atoms with Crippen LogP contribution in [0.2, 0.25) is 0 Å². The summed E-state index contributed by atoms with van der Waals surface area (Å²) in [6.45, 7) is 3.69. The highest BCUT2D eigenvalue weighted by Crippen LogP contribution is 2.19. The topological polar surface area (TPSA) is 94.3 Å². The van der Waals surface area contributed by atoms with Crippen LogP contribution in [0.1, 0.15) is 19.5 Å². The minimum Gasteiger partial charge on any atom is -0.467 e. The van der Waals surface area contributed by atoms with E-state index in [0.717, 1.165) is 5.39 Å². The van der Waals surface area contributed by atoms with Crippen LogP contribution in [0.4, 0.5) is 5.69 Å². The van der Waals surface area contributed by atoms with Crippen molar-refractivity contribution >= 4 is 28.5 Å². The molecule has 1 aromatic heterocycles. The third-order valence-electron chi connectivity index (χ3n) is 3.59. The van der Waals surface area contributed by atoms with Gasteiger partial charge in [0.25, 0.3) is 0 Å². The van der Waals surface area contributed by atoms with Gasteiger partial charge in [-0.15, -0.1) is 0 Å². The van der Waals surface area contributed by atoms with Gasteiger partial charge in [0.15, 0.2) is 0 Å². The quantitative estimate of drug-likeness (QED) is 0.646. The molecule has 0 aliphatic rings. The molecule has 0 saturated carbocycles. The van der Waals surface area contributed by atoms with Crippen molar-refractivity contribution in [3.05, 3.63) is 36.0 Å². The maximum atomic E-state index is 12.2. The largest absolute Gasteiger partial charge is 0.467 e. The molecular weight excluding hydrogens is 294 g/mol. The Bertz CT molecular complexity index is 728. The number of esters is 1. The van der Waals surface area contributed by atoms with E-state index in [1.165, 1.54) is 7.11 Å². The normalized spacial score (nSPS) is 12.2. The zero-order valence-corrected chi connectivity index (χ0v) is 13.5. The van der Waals surface area contributed by atoms with Crippen LogP contribution >= 0.6 is 0 Å². The van der Waals surface area contributed by atoms with Crippen molar-refractivity contribution in [2.45, 2.75) is 26.3 Å². The zero-order valence-electron chi connectivity index (χ0n) is 13.5. The zero-order chi connectivity index (χ0) is 17.0. The lowest BCUT2D eigenvalue weighted by Crippen LogP contribution is -2.45. The number of nitrogens with one attached hydrogen (secondary N) is 1. The van der Waals surface area contributed by atoms with Crippen molar-refractivity contribution in [3.63, 3.8) is 0 Å². The Balaban J connectivity index is 2.13. The van der Waals surface area contributed by atoms with Gasteiger partial charge in [0.1, 0.15) is 6.04 Å². The van der Waals surface area contributed by atoms with Crippen LogP contribution < -0.4 is 11.1 Å². The van der Waals surface area contributed by atoms with E-state index in [9.17, 15) is 9.59 Å². The van der Waals surface area contributed by atoms with Gasteiger partial charge >= 0.3 is 5.97 Å². The molecule has 0 fully saturated rings. The molecule has 0 aliphatic heterocycles. The number of para-hydroxylation sites is 1. The molecule has 6 heteroatoms. The lowest BCUT2D eigenvalue weighted by molar-refractivity contribution is -0.146. The summed E-state index contributed by atoms with van der Waals surface area (Å²) in [5, 5.41) is 3.61. The molecular formula is C17H21N3O3. The Kier molecular flexibility index (Phi) is 5.16. The standard InChI is InChI=1S/C17H21N3O3/c1-10(2)15(17(22)23-3)20-14(21)9-12-8-7-11-5-4-6-13(18)16(11)19-12/h4-8,10,15H,9,18H2,1-3H3,(H,20,21). The van der Waals surface area contributed by atoms with E-state index in [2.05, 4.69) is 10.3 Å². The van der Waals surface area contributed by atoms with Crippen molar-refractivity contribution in [1.82, 2.24) is 10.3 Å². The Morgan fingerprint density at radius 3 is 2.65 bits per heavy atom. The molecule has 122 valence electrons. The third kappa shape index (κ3) is 3.97. The summed E-state index contributed by atoms with van der Waals surface area (Å²) in [6.07, 6.45) is 0.0739. The van der Waals surface area contributed by atoms with Crippen LogP contribution in [-0.2, 0) is 20.7 Å². The average Bonchev–Trinajstić information content (AvgIpc) is 2.52. The van der Waals surface area contributed by atoms with Crippen molar-refractivity contribution < 1.29 is 14.3 Å². The Hall–Kier alpha value is -2.63. The maximum Gasteiger partial charge on any atom is 0.328 e. The van der Waals surface area contributed by atoms with Gasteiger partial charge in [-0.25, -0.2) is 4.79 Å². The first-order valence-electron chi connectivity index (χ1n) is 7.43. The summed E-state index contributed by atoms with van der Waals surface area (Å²) < 4.78 is 4.71. The van der Waals surface area contributed by atoms with E-state index in [1.54, 1.807) is 12.1 Å². The van der Waals surface area contributed by atoms with Gasteiger partial charge in [-0.3, -0.25) is 9.78 Å². The minimum absolute atomic E-state index is 0.0633. The predicted octanol–water partition coefficient (Wildman–Crippen LogP) is 1.67. The SMILES string of the molecule is COC(=O)C(NC(=O)Cc1ccc2cccc(N)c2n1)C(C)C. The van der Waals surface area contributed by atoms with Crippen LogP contribution in [0.15, 0.2) is 30.3 Å². The molecule has 1 unspecified atom stereocenters. The second kappa shape index (κ2) is 7.09. The number of carbonyl (C=O) groups excluding carboxylic acids is 2. The number of hydrogen-bond acceptors (Lipinski definition) is 5. The fraction of sp³-hybridized carbons (Fsp3) is 0.353. The van der Waals surface area contributed by atoms with E-state index >= 15 is 0 Å². The molecule has 1 atom stereocenters. The van der Waals surface area contributed by atoms with Crippen molar-refractivity contribution in [3.8, 4) is 0 Å². The number of amides is 1. The molecule has 1 aromatic carbocycles. The molecule has 0 spiro atoms. The smallest absolute Gasteiger partial charge is 0.328 e. The van der Waals surface area contributed by atoms with E-state index in [4.69, 9.17) is 10.5 Å². The molecule has 3 N–H and O–H groups in total. The predicted molar refractivity (Wildman–Crippen MR) is 88.6 cm³/mol. The monoisotopic (exact) mass is 315 g/mol. The molecule has 23 heavy (non-hydrogen) atoms. The number of carbonyl (C=O) groups is 2. The molecule has 6 nitrogen and oxygen atoms in total. The number of ether oxygens (including phenoxy) is 1. The van der Waals surface area contributed by atoms with Crippen LogP contribution in [0.3, 0.4) is 0 Å². The number of hydrogen-bond donors (Lipinski definition) is 2. The van der Waals surface area contributed by atoms with Gasteiger partial charge in [-0.1, -0.05) is 32.0 Å². The second-order valence-corrected chi connectivity index (χ2v) is 5.71. The molecule has 0 saturated heterocycles. The molecule has 2 aromatic rings. The summed E-state index contributed by atoms with van der Waals surface area (Å²) in [5.41, 5.74) is 7.75. The van der Waals surface area contributed by atoms with Crippen molar-refractivity contribution in [2.75, 3.05) is 12.8 Å². The number of anilines is 1. The van der Waals surface area contributed by atoms with Gasteiger partial charge in [0.2, 0.25) is 5.91 Å². The van der Waals surface area contributed by atoms with Gasteiger partial charge in [-0.2, -0.15) is 0 Å². The van der Waals surface area contributed by atoms with Crippen molar-refractivity contribution in [2.24, 2.45) is 5.92 Å². The number of nitrogen functional groups attached to an aromatic ring is 1. The lowest BCUT2D eigenvalue weighted by Gasteiger charge is -2.19. The van der Waals surface area contributed by atoms with E-state index in [1.807, 2.05) is 32.0 Å². The van der Waals surface area contributed by atoms with E-state index < -0.39 is 12.0 Å². The number of pyridine rings is 1. The van der Waals surface area contributed by atoms with Gasteiger partial charge < -0.3 is 15.8 Å². The van der Waals surface area contributed by atoms with Gasteiger partial charge in [-0.05, 0) is 18.1 Å². The first kappa shape index (κ1) is 16.7. The number of aromatic nitrogens is 1. The minimum atomic E-state index is -0.668. The lowest BCUT2D eigenvalue weighted by atomic mass is 10.0. The third-order valence-corrected chi connectivity index (χ3v) is 3.59. The fourth-order valence-electron chi connectivity index (χ4n) is 2.32. The number of fused-ring (bicyclic) bond motifs is 1. The van der Waals surface area contributed by atoms with Gasteiger partial charge in [0.05, 0.1) is 30.4 Å². The highest BCUT2D eigenvalue weighted by molar-refractivity contribution is 5.90. The molecule has 1 amide bonds. The number of nitrogens with zero attached hydrogens (tertiary/aromatic N) is 1. The molecule has 0 bridgehead atoms. The highest BCUT2D eigenvalue weighted by Gasteiger charge is 2.24. The number of benzene rings is 1. The second-order valence-electron chi connectivity index (χ2n) is 5.71. The molecule has 1 heterocycles. The summed E-state index contributed by atoms with van der Waals surface area (Å²) in [6, 6.07) is 8.53. The summed E-state index contributed by atoms with van der Waals surface area (Å²) in [5.74, 6) is -0.800. The summed E-state index contributed by atoms with van der Waals surface area (Å²) >= 11 is 0. The van der Waals surface area contributed by atoms with E-state index in [-0.39, 0.29) is 18.2 Å². The number of rotatable bonds is 5. The molecule has 0 aliphatic carbocycles. The Morgan fingerprint density at radius 2 is 2.00 bits per heavy atom.